The van der Waals surface area contributed by atoms with Crippen molar-refractivity contribution in [3.8, 4) is 0 Å². The molecule has 564 valence electrons. The van der Waals surface area contributed by atoms with Crippen LogP contribution in [0.15, 0.2) is 60.8 Å². The molecule has 0 aromatic carbocycles. The van der Waals surface area contributed by atoms with Gasteiger partial charge < -0.3 is 14.6 Å². The lowest BCUT2D eigenvalue weighted by Gasteiger charge is -2.15. The van der Waals surface area contributed by atoms with E-state index in [-0.39, 0.29) is 25.2 Å². The van der Waals surface area contributed by atoms with Gasteiger partial charge in [-0.3, -0.25) is 9.59 Å². The lowest BCUT2D eigenvalue weighted by Crippen LogP contribution is -2.28. The first-order valence-electron chi connectivity index (χ1n) is 43.8. The Morgan fingerprint density at radius 3 is 0.677 bits per heavy atom. The second-order valence-electron chi connectivity index (χ2n) is 30.0. The first-order valence-corrected chi connectivity index (χ1v) is 43.8. The molecule has 0 radical (unpaired) electrons. The number of unbranched alkanes of at least 4 members (excludes halogenated alkanes) is 65. The second kappa shape index (κ2) is 86.8. The van der Waals surface area contributed by atoms with E-state index >= 15 is 0 Å². The van der Waals surface area contributed by atoms with Crippen LogP contribution < -0.4 is 0 Å². The molecule has 0 rings (SSSR count). The van der Waals surface area contributed by atoms with Gasteiger partial charge >= 0.3 is 11.9 Å². The molecule has 0 saturated heterocycles. The van der Waals surface area contributed by atoms with Crippen LogP contribution in [0.2, 0.25) is 0 Å². The molecule has 5 nitrogen and oxygen atoms in total. The van der Waals surface area contributed by atoms with E-state index in [4.69, 9.17) is 9.47 Å². The maximum Gasteiger partial charge on any atom is 0.306 e. The van der Waals surface area contributed by atoms with Crippen molar-refractivity contribution in [1.29, 1.82) is 0 Å². The van der Waals surface area contributed by atoms with Crippen LogP contribution in [-0.4, -0.2) is 36.4 Å². The number of ether oxygens (including phenoxy) is 2. The highest BCUT2D eigenvalue weighted by atomic mass is 16.6. The van der Waals surface area contributed by atoms with E-state index in [0.29, 0.717) is 12.8 Å². The number of hydrogen-bond donors (Lipinski definition) is 1. The summed E-state index contributed by atoms with van der Waals surface area (Å²) in [6.45, 7) is 4.10. The van der Waals surface area contributed by atoms with Crippen LogP contribution in [0.5, 0.6) is 0 Å². The van der Waals surface area contributed by atoms with Crippen LogP contribution in [0, 0.1) is 0 Å². The minimum atomic E-state index is -0.771. The van der Waals surface area contributed by atoms with Gasteiger partial charge in [0.2, 0.25) is 0 Å². The molecule has 0 amide bonds. The second-order valence-corrected chi connectivity index (χ2v) is 30.0. The molecule has 1 unspecified atom stereocenters. The number of carbonyl (C=O) groups is 2. The van der Waals surface area contributed by atoms with Crippen molar-refractivity contribution in [3.63, 3.8) is 0 Å². The Morgan fingerprint density at radius 2 is 0.448 bits per heavy atom. The molecule has 0 saturated carbocycles. The zero-order valence-corrected chi connectivity index (χ0v) is 65.2. The minimum absolute atomic E-state index is 0.0585. The number of aliphatic hydroxyl groups is 1. The zero-order valence-electron chi connectivity index (χ0n) is 65.2. The normalized spacial score (nSPS) is 12.4. The van der Waals surface area contributed by atoms with Crippen LogP contribution in [0.4, 0.5) is 0 Å². The summed E-state index contributed by atoms with van der Waals surface area (Å²) in [6, 6.07) is 0. The van der Waals surface area contributed by atoms with Gasteiger partial charge in [0.25, 0.3) is 0 Å². The van der Waals surface area contributed by atoms with Crippen molar-refractivity contribution in [2.24, 2.45) is 0 Å². The van der Waals surface area contributed by atoms with E-state index in [1.807, 2.05) is 0 Å². The Hall–Kier alpha value is -2.40. The van der Waals surface area contributed by atoms with Crippen molar-refractivity contribution in [1.82, 2.24) is 0 Å². The molecule has 0 aromatic heterocycles. The number of carbonyl (C=O) groups excluding carboxylic acids is 2. The summed E-state index contributed by atoms with van der Waals surface area (Å²) in [4.78, 5) is 24.8. The van der Waals surface area contributed by atoms with E-state index in [2.05, 4.69) is 74.6 Å². The largest absolute Gasteiger partial charge is 0.462 e. The highest BCUT2D eigenvalue weighted by Gasteiger charge is 2.16. The van der Waals surface area contributed by atoms with Gasteiger partial charge in [0, 0.05) is 12.8 Å². The van der Waals surface area contributed by atoms with Crippen molar-refractivity contribution < 1.29 is 24.2 Å². The standard InChI is InChI=1S/C91H170O5/c1-3-5-7-9-11-13-15-17-19-21-23-25-27-29-31-33-35-37-39-41-43-45-47-49-51-53-55-57-59-61-63-65-67-69-71-73-75-77-79-81-83-85-90(93)95-88-89(87-92)96-91(94)86-84-82-80-78-76-74-72-70-68-66-64-62-60-58-56-54-52-50-48-46-44-42-40-38-36-34-32-30-28-26-24-22-20-18-16-14-12-10-8-6-4-2/h6,8,12,14,18,20,24,26,30,32,89,92H,3-5,7,9-11,13,15-17,19,21-23,25,27-29,31,33-88H2,1-2H3/b8-6-,14-12-,20-18-,26-24-,32-30-. The summed E-state index contributed by atoms with van der Waals surface area (Å²) >= 11 is 0. The molecule has 0 aliphatic heterocycles. The molecule has 0 aliphatic rings. The SMILES string of the molecule is CC/C=C\C/C=C\C/C=C\C/C=C\C/C=C\CCCCCCCCCCCCCCCCCCCCCCCCCCCC(=O)OC(CO)COC(=O)CCCCCCCCCCCCCCCCCCCCCCCCCCCCCCCCCCCCCCCCCCC. The summed E-state index contributed by atoms with van der Waals surface area (Å²) in [5.41, 5.74) is 0. The van der Waals surface area contributed by atoms with Gasteiger partial charge in [-0.25, -0.2) is 0 Å². The Bertz CT molecular complexity index is 1620. The molecule has 0 fully saturated rings. The Morgan fingerprint density at radius 1 is 0.250 bits per heavy atom. The van der Waals surface area contributed by atoms with Crippen LogP contribution in [-0.2, 0) is 19.1 Å². The predicted octanol–water partition coefficient (Wildman–Crippen LogP) is 31.1. The molecule has 5 heteroatoms. The van der Waals surface area contributed by atoms with Crippen molar-refractivity contribution >= 4 is 11.9 Å². The van der Waals surface area contributed by atoms with Crippen LogP contribution in [0.1, 0.15) is 489 Å². The fourth-order valence-corrected chi connectivity index (χ4v) is 13.8. The average molecular weight is 1340 g/mol. The fourth-order valence-electron chi connectivity index (χ4n) is 13.8. The molecular formula is C91H170O5. The van der Waals surface area contributed by atoms with Crippen LogP contribution in [0.25, 0.3) is 0 Å². The summed E-state index contributed by atoms with van der Waals surface area (Å²) in [5.74, 6) is -0.560. The Kier molecular flexibility index (Phi) is 84.6. The van der Waals surface area contributed by atoms with Gasteiger partial charge in [-0.05, 0) is 57.8 Å². The molecular weight excluding hydrogens is 1170 g/mol. The summed E-state index contributed by atoms with van der Waals surface area (Å²) in [6.07, 6.45) is 121. The quantitative estimate of drug-likeness (QED) is 0.0373. The topological polar surface area (TPSA) is 72.8 Å². The lowest BCUT2D eigenvalue weighted by molar-refractivity contribution is -0.161. The van der Waals surface area contributed by atoms with Crippen molar-refractivity contribution in [2.45, 2.75) is 495 Å². The average Bonchev–Trinajstić information content (AvgIpc) is 3.79. The Balaban J connectivity index is 3.34. The highest BCUT2D eigenvalue weighted by molar-refractivity contribution is 5.70. The van der Waals surface area contributed by atoms with Gasteiger partial charge in [0.15, 0.2) is 6.10 Å². The van der Waals surface area contributed by atoms with E-state index in [1.54, 1.807) is 0 Å². The minimum Gasteiger partial charge on any atom is -0.462 e. The zero-order chi connectivity index (χ0) is 69.0. The fraction of sp³-hybridized carbons (Fsp3) is 0.868. The maximum atomic E-state index is 12.4. The molecule has 0 spiro atoms. The molecule has 1 N–H and O–H groups in total. The van der Waals surface area contributed by atoms with Crippen molar-refractivity contribution in [3.05, 3.63) is 60.8 Å². The van der Waals surface area contributed by atoms with Crippen molar-refractivity contribution in [2.75, 3.05) is 13.2 Å². The van der Waals surface area contributed by atoms with Gasteiger partial charge in [-0.1, -0.05) is 479 Å². The molecule has 0 heterocycles. The highest BCUT2D eigenvalue weighted by Crippen LogP contribution is 2.21. The third-order valence-corrected chi connectivity index (χ3v) is 20.3. The van der Waals surface area contributed by atoms with Gasteiger partial charge in [-0.15, -0.1) is 0 Å². The first kappa shape index (κ1) is 93.6. The van der Waals surface area contributed by atoms with E-state index in [1.165, 1.54) is 398 Å². The molecule has 1 atom stereocenters. The predicted molar refractivity (Wildman–Crippen MR) is 427 cm³/mol. The van der Waals surface area contributed by atoms with Gasteiger partial charge in [-0.2, -0.15) is 0 Å². The smallest absolute Gasteiger partial charge is 0.306 e. The van der Waals surface area contributed by atoms with Gasteiger partial charge in [0.1, 0.15) is 6.61 Å². The molecule has 0 aliphatic carbocycles. The van der Waals surface area contributed by atoms with E-state index in [9.17, 15) is 14.7 Å². The third-order valence-electron chi connectivity index (χ3n) is 20.3. The molecule has 96 heavy (non-hydrogen) atoms. The summed E-state index contributed by atoms with van der Waals surface area (Å²) < 4.78 is 10.8. The number of aliphatic hydroxyl groups excluding tert-OH is 1. The third kappa shape index (κ3) is 84.0. The maximum absolute atomic E-state index is 12.4. The summed E-state index contributed by atoms with van der Waals surface area (Å²) in [5, 5.41) is 9.75. The monoisotopic (exact) mass is 1340 g/mol. The van der Waals surface area contributed by atoms with E-state index < -0.39 is 6.10 Å². The van der Waals surface area contributed by atoms with Crippen LogP contribution in [0.3, 0.4) is 0 Å². The molecule has 0 bridgehead atoms. The number of rotatable bonds is 83. The van der Waals surface area contributed by atoms with Gasteiger partial charge in [0.05, 0.1) is 6.61 Å². The first-order chi connectivity index (χ1) is 47.6. The van der Waals surface area contributed by atoms with E-state index in [0.717, 1.165) is 64.2 Å². The number of hydrogen-bond acceptors (Lipinski definition) is 5. The lowest BCUT2D eigenvalue weighted by atomic mass is 10.0. The molecule has 0 aromatic rings. The number of esters is 2. The Labute approximate surface area is 601 Å². The summed E-state index contributed by atoms with van der Waals surface area (Å²) in [7, 11) is 0. The number of allylic oxidation sites excluding steroid dienone is 10. The van der Waals surface area contributed by atoms with Crippen LogP contribution >= 0.6 is 0 Å².